The van der Waals surface area contributed by atoms with Crippen molar-refractivity contribution >= 4 is 17.5 Å². The molecule has 1 aliphatic heterocycles. The van der Waals surface area contributed by atoms with E-state index in [1.54, 1.807) is 35.9 Å². The topological polar surface area (TPSA) is 98.8 Å². The number of carbonyl (C=O) groups excluding carboxylic acids is 2. The average Bonchev–Trinajstić information content (AvgIpc) is 3.23. The summed E-state index contributed by atoms with van der Waals surface area (Å²) in [6, 6.07) is 11.4. The zero-order valence-electron chi connectivity index (χ0n) is 18.5. The Hall–Kier alpha value is -4.14. The van der Waals surface area contributed by atoms with Gasteiger partial charge in [0.05, 0.1) is 12.9 Å². The number of aryl methyl sites for hydroxylation is 1. The van der Waals surface area contributed by atoms with E-state index in [1.807, 2.05) is 35.0 Å². The van der Waals surface area contributed by atoms with E-state index in [0.717, 1.165) is 37.2 Å². The molecule has 4 aromatic rings. The maximum atomic E-state index is 13.1. The molecule has 9 nitrogen and oxygen atoms in total. The third-order valence-corrected chi connectivity index (χ3v) is 6.36. The Labute approximate surface area is 196 Å². The molecule has 0 N–H and O–H groups in total. The molecule has 0 unspecified atom stereocenters. The normalized spacial score (nSPS) is 15.1. The predicted octanol–water partition coefficient (Wildman–Crippen LogP) is 3.70. The smallest absolute Gasteiger partial charge is 0.260 e. The molecule has 0 saturated heterocycles. The van der Waals surface area contributed by atoms with Gasteiger partial charge in [-0.1, -0.05) is 12.1 Å². The number of Topliss-reactive ketones (excluding diaryl/α,β-unsaturated/α-hetero) is 1. The van der Waals surface area contributed by atoms with Crippen LogP contribution in [0.2, 0.25) is 0 Å². The average molecular weight is 454 g/mol. The van der Waals surface area contributed by atoms with Crippen LogP contribution in [-0.4, -0.2) is 41.0 Å². The van der Waals surface area contributed by atoms with Gasteiger partial charge >= 0.3 is 0 Å². The van der Waals surface area contributed by atoms with Gasteiger partial charge in [-0.3, -0.25) is 14.5 Å². The van der Waals surface area contributed by atoms with E-state index in [2.05, 4.69) is 19.7 Å². The number of pyridine rings is 1. The van der Waals surface area contributed by atoms with Crippen LogP contribution < -0.4 is 4.90 Å². The molecule has 6 rings (SSSR count). The summed E-state index contributed by atoms with van der Waals surface area (Å²) in [5, 5.41) is 8.30. The van der Waals surface area contributed by atoms with Gasteiger partial charge in [0.25, 0.3) is 5.91 Å². The van der Waals surface area contributed by atoms with Gasteiger partial charge in [0, 0.05) is 42.5 Å². The molecule has 1 fully saturated rings. The summed E-state index contributed by atoms with van der Waals surface area (Å²) in [5.74, 6) is 1.25. The standard InChI is InChI=1S/C25H23N7O2/c33-22(4-2-11-30-12-10-26-15-30)17-6-9-20-18(13-17)14-31(25(20)34)23-5-1-3-21(28-23)24-29-27-16-32(24)19-7-8-19/h1,3,5-6,9-10,12-13,15-16,19H,2,4,7-8,11,14H2. The zero-order valence-corrected chi connectivity index (χ0v) is 18.5. The zero-order chi connectivity index (χ0) is 23.1. The summed E-state index contributed by atoms with van der Waals surface area (Å²) in [6.07, 6.45) is 10.5. The summed E-state index contributed by atoms with van der Waals surface area (Å²) < 4.78 is 4.01. The van der Waals surface area contributed by atoms with Gasteiger partial charge in [-0.2, -0.15) is 0 Å². The molecule has 0 spiro atoms. The molecule has 1 amide bonds. The number of hydrogen-bond acceptors (Lipinski definition) is 6. The molecule has 0 atom stereocenters. The second-order valence-corrected chi connectivity index (χ2v) is 8.76. The van der Waals surface area contributed by atoms with Crippen LogP contribution >= 0.6 is 0 Å². The monoisotopic (exact) mass is 453 g/mol. The largest absolute Gasteiger partial charge is 0.337 e. The third-order valence-electron chi connectivity index (χ3n) is 6.36. The molecular formula is C25H23N7O2. The molecule has 3 aromatic heterocycles. The van der Waals surface area contributed by atoms with Crippen LogP contribution in [0.4, 0.5) is 5.82 Å². The van der Waals surface area contributed by atoms with Gasteiger partial charge < -0.3 is 9.13 Å². The lowest BCUT2D eigenvalue weighted by Gasteiger charge is -2.15. The van der Waals surface area contributed by atoms with Crippen molar-refractivity contribution in [2.75, 3.05) is 4.90 Å². The van der Waals surface area contributed by atoms with Crippen LogP contribution in [0.1, 0.15) is 58.0 Å². The first kappa shape index (κ1) is 20.5. The van der Waals surface area contributed by atoms with Crippen LogP contribution in [0.15, 0.2) is 61.4 Å². The molecule has 34 heavy (non-hydrogen) atoms. The predicted molar refractivity (Wildman–Crippen MR) is 124 cm³/mol. The molecular weight excluding hydrogens is 430 g/mol. The summed E-state index contributed by atoms with van der Waals surface area (Å²) in [6.45, 7) is 1.13. The van der Waals surface area contributed by atoms with Crippen molar-refractivity contribution in [3.05, 3.63) is 78.1 Å². The highest BCUT2D eigenvalue weighted by Gasteiger charge is 2.31. The number of benzene rings is 1. The van der Waals surface area contributed by atoms with Gasteiger partial charge in [-0.25, -0.2) is 9.97 Å². The first-order valence-electron chi connectivity index (χ1n) is 11.5. The second kappa shape index (κ2) is 8.33. The van der Waals surface area contributed by atoms with Crippen molar-refractivity contribution in [1.82, 2.24) is 29.3 Å². The summed E-state index contributed by atoms with van der Waals surface area (Å²) in [7, 11) is 0. The highest BCUT2D eigenvalue weighted by Crippen LogP contribution is 2.37. The number of imidazole rings is 1. The summed E-state index contributed by atoms with van der Waals surface area (Å²) in [5.41, 5.74) is 2.79. The lowest BCUT2D eigenvalue weighted by Crippen LogP contribution is -2.24. The Balaban J connectivity index is 1.19. The van der Waals surface area contributed by atoms with Gasteiger partial charge in [-0.15, -0.1) is 10.2 Å². The third kappa shape index (κ3) is 3.79. The molecule has 4 heterocycles. The van der Waals surface area contributed by atoms with E-state index in [1.165, 1.54) is 0 Å². The molecule has 0 radical (unpaired) electrons. The summed E-state index contributed by atoms with van der Waals surface area (Å²) >= 11 is 0. The first-order chi connectivity index (χ1) is 16.7. The lowest BCUT2D eigenvalue weighted by molar-refractivity contribution is 0.0974. The van der Waals surface area contributed by atoms with E-state index >= 15 is 0 Å². The minimum atomic E-state index is -0.109. The Kier molecular flexibility index (Phi) is 5.01. The molecule has 1 aromatic carbocycles. The fraction of sp³-hybridized carbons (Fsp3) is 0.280. The van der Waals surface area contributed by atoms with Crippen molar-refractivity contribution in [3.8, 4) is 11.5 Å². The number of rotatable bonds is 8. The van der Waals surface area contributed by atoms with Crippen molar-refractivity contribution in [1.29, 1.82) is 0 Å². The van der Waals surface area contributed by atoms with Crippen molar-refractivity contribution in [3.63, 3.8) is 0 Å². The molecule has 1 saturated carbocycles. The molecule has 0 bridgehead atoms. The number of carbonyl (C=O) groups is 2. The van der Waals surface area contributed by atoms with Crippen molar-refractivity contribution in [2.24, 2.45) is 0 Å². The van der Waals surface area contributed by atoms with E-state index in [4.69, 9.17) is 4.98 Å². The first-order valence-corrected chi connectivity index (χ1v) is 11.5. The van der Waals surface area contributed by atoms with E-state index in [-0.39, 0.29) is 11.7 Å². The number of aromatic nitrogens is 6. The van der Waals surface area contributed by atoms with E-state index < -0.39 is 0 Å². The Morgan fingerprint density at radius 2 is 2.03 bits per heavy atom. The number of fused-ring (bicyclic) bond motifs is 1. The lowest BCUT2D eigenvalue weighted by atomic mass is 10.0. The van der Waals surface area contributed by atoms with Crippen molar-refractivity contribution < 1.29 is 9.59 Å². The minimum absolute atomic E-state index is 0.0772. The van der Waals surface area contributed by atoms with Gasteiger partial charge in [0.2, 0.25) is 0 Å². The van der Waals surface area contributed by atoms with Crippen LogP contribution in [0.3, 0.4) is 0 Å². The Morgan fingerprint density at radius 1 is 1.12 bits per heavy atom. The van der Waals surface area contributed by atoms with Crippen LogP contribution in [0, 0.1) is 0 Å². The number of nitrogens with zero attached hydrogens (tertiary/aromatic N) is 7. The highest BCUT2D eigenvalue weighted by atomic mass is 16.2. The number of ketones is 1. The van der Waals surface area contributed by atoms with Crippen molar-refractivity contribution in [2.45, 2.75) is 44.8 Å². The second-order valence-electron chi connectivity index (χ2n) is 8.76. The van der Waals surface area contributed by atoms with E-state index in [9.17, 15) is 9.59 Å². The molecule has 9 heteroatoms. The fourth-order valence-electron chi connectivity index (χ4n) is 4.41. The van der Waals surface area contributed by atoms with Crippen LogP contribution in [0.25, 0.3) is 11.5 Å². The molecule has 1 aliphatic carbocycles. The van der Waals surface area contributed by atoms with Gasteiger partial charge in [0.15, 0.2) is 11.6 Å². The van der Waals surface area contributed by atoms with Gasteiger partial charge in [0.1, 0.15) is 17.8 Å². The van der Waals surface area contributed by atoms with E-state index in [0.29, 0.717) is 41.6 Å². The molecule has 170 valence electrons. The summed E-state index contributed by atoms with van der Waals surface area (Å²) in [4.78, 5) is 36.3. The van der Waals surface area contributed by atoms with Crippen LogP contribution in [-0.2, 0) is 13.1 Å². The van der Waals surface area contributed by atoms with Gasteiger partial charge in [-0.05, 0) is 49.1 Å². The number of amides is 1. The maximum Gasteiger partial charge on any atom is 0.260 e. The highest BCUT2D eigenvalue weighted by molar-refractivity contribution is 6.10. The minimum Gasteiger partial charge on any atom is -0.337 e. The number of anilines is 1. The number of hydrogen-bond donors (Lipinski definition) is 0. The maximum absolute atomic E-state index is 13.1. The molecule has 2 aliphatic rings. The SMILES string of the molecule is O=C(CCCn1ccnc1)c1ccc2c(c1)CN(c1cccc(-c3nncn3C3CC3)n1)C2=O. The quantitative estimate of drug-likeness (QED) is 0.377. The fourth-order valence-corrected chi connectivity index (χ4v) is 4.41. The Bertz CT molecular complexity index is 1370. The van der Waals surface area contributed by atoms with Crippen LogP contribution in [0.5, 0.6) is 0 Å². The Morgan fingerprint density at radius 3 is 2.85 bits per heavy atom.